The molecule has 1 amide bonds. The molecule has 0 radical (unpaired) electrons. The zero-order valence-electron chi connectivity index (χ0n) is 9.52. The van der Waals surface area contributed by atoms with Crippen molar-refractivity contribution in [3.05, 3.63) is 22.3 Å². The van der Waals surface area contributed by atoms with Crippen molar-refractivity contribution >= 4 is 49.6 Å². The summed E-state index contributed by atoms with van der Waals surface area (Å²) in [5, 5.41) is 0. The Morgan fingerprint density at radius 1 is 1.61 bits per heavy atom. The van der Waals surface area contributed by atoms with E-state index >= 15 is 0 Å². The molecule has 0 aromatic carbocycles. The van der Waals surface area contributed by atoms with Crippen LogP contribution < -0.4 is 4.90 Å². The van der Waals surface area contributed by atoms with Crippen LogP contribution in [0.1, 0.15) is 16.8 Å². The molecule has 2 heterocycles. The minimum atomic E-state index is -0.458. The largest absolute Gasteiger partial charge is 0.465 e. The van der Waals surface area contributed by atoms with Crippen molar-refractivity contribution in [1.29, 1.82) is 0 Å². The molecule has 1 aromatic heterocycles. The third-order valence-corrected chi connectivity index (χ3v) is 3.77. The van der Waals surface area contributed by atoms with Crippen LogP contribution in [0.15, 0.2) is 16.7 Å². The Balaban J connectivity index is 2.30. The van der Waals surface area contributed by atoms with Gasteiger partial charge in [0.1, 0.15) is 5.82 Å². The smallest absolute Gasteiger partial charge is 0.339 e. The molecule has 0 aliphatic carbocycles. The Morgan fingerprint density at radius 2 is 2.33 bits per heavy atom. The fourth-order valence-electron chi connectivity index (χ4n) is 1.73. The fourth-order valence-corrected chi connectivity index (χ4v) is 2.86. The van der Waals surface area contributed by atoms with Gasteiger partial charge in [-0.2, -0.15) is 0 Å². The van der Waals surface area contributed by atoms with Crippen LogP contribution in [0.3, 0.4) is 0 Å². The van der Waals surface area contributed by atoms with Crippen LogP contribution in [0.25, 0.3) is 0 Å². The van der Waals surface area contributed by atoms with Crippen molar-refractivity contribution in [2.75, 3.05) is 18.6 Å². The summed E-state index contributed by atoms with van der Waals surface area (Å²) in [6.45, 7) is 0.571. The Hall–Kier alpha value is -0.950. The van der Waals surface area contributed by atoms with Gasteiger partial charge in [0.15, 0.2) is 0 Å². The van der Waals surface area contributed by atoms with E-state index in [1.807, 2.05) is 0 Å². The number of hydrogen-bond acceptors (Lipinski definition) is 4. The number of pyridine rings is 1. The van der Waals surface area contributed by atoms with E-state index in [1.54, 1.807) is 11.0 Å². The van der Waals surface area contributed by atoms with Crippen molar-refractivity contribution < 1.29 is 14.3 Å². The number of ether oxygens (including phenoxy) is 1. The summed E-state index contributed by atoms with van der Waals surface area (Å²) < 4.78 is 5.20. The number of rotatable bonds is 2. The molecule has 0 saturated carbocycles. The third-order valence-electron chi connectivity index (χ3n) is 2.58. The monoisotopic (exact) mass is 376 g/mol. The van der Waals surface area contributed by atoms with E-state index in [-0.39, 0.29) is 10.7 Å². The molecule has 7 heteroatoms. The SMILES string of the molecule is COC(=O)c1cnc(N2CC(Br)CC2=O)c(Br)c1. The second-order valence-electron chi connectivity index (χ2n) is 3.83. The van der Waals surface area contributed by atoms with Crippen LogP contribution in [0, 0.1) is 0 Å². The van der Waals surface area contributed by atoms with Gasteiger partial charge in [0.25, 0.3) is 0 Å². The number of halogens is 2. The van der Waals surface area contributed by atoms with Crippen molar-refractivity contribution in [2.24, 2.45) is 0 Å². The number of nitrogens with zero attached hydrogens (tertiary/aromatic N) is 2. The standard InChI is InChI=1S/C11H10Br2N2O3/c1-18-11(17)6-2-8(13)10(14-4-6)15-5-7(12)3-9(15)16/h2,4,7H,3,5H2,1H3. The van der Waals surface area contributed by atoms with Crippen LogP contribution in [0.4, 0.5) is 5.82 Å². The van der Waals surface area contributed by atoms with Gasteiger partial charge in [-0.25, -0.2) is 9.78 Å². The Morgan fingerprint density at radius 3 is 2.83 bits per heavy atom. The number of amides is 1. The number of esters is 1. The summed E-state index contributed by atoms with van der Waals surface area (Å²) in [5.41, 5.74) is 0.343. The second-order valence-corrected chi connectivity index (χ2v) is 5.98. The lowest BCUT2D eigenvalue weighted by atomic mass is 10.3. The molecule has 1 aliphatic heterocycles. The average molecular weight is 378 g/mol. The molecule has 1 fully saturated rings. The van der Waals surface area contributed by atoms with Gasteiger partial charge in [-0.05, 0) is 22.0 Å². The highest BCUT2D eigenvalue weighted by Gasteiger charge is 2.31. The predicted octanol–water partition coefficient (Wildman–Crippen LogP) is 2.13. The van der Waals surface area contributed by atoms with Gasteiger partial charge in [-0.15, -0.1) is 0 Å². The molecule has 0 N–H and O–H groups in total. The fraction of sp³-hybridized carbons (Fsp3) is 0.364. The first-order chi connectivity index (χ1) is 8.52. The van der Waals surface area contributed by atoms with Gasteiger partial charge in [0, 0.05) is 24.0 Å². The highest BCUT2D eigenvalue weighted by Crippen LogP contribution is 2.30. The Bertz CT molecular complexity index is 507. The number of methoxy groups -OCH3 is 1. The van der Waals surface area contributed by atoms with Gasteiger partial charge >= 0.3 is 5.97 Å². The molecule has 2 rings (SSSR count). The molecule has 18 heavy (non-hydrogen) atoms. The van der Waals surface area contributed by atoms with Crippen molar-refractivity contribution in [2.45, 2.75) is 11.2 Å². The predicted molar refractivity (Wildman–Crippen MR) is 73.0 cm³/mol. The summed E-state index contributed by atoms with van der Waals surface area (Å²) in [6.07, 6.45) is 1.85. The summed E-state index contributed by atoms with van der Waals surface area (Å²) in [7, 11) is 1.31. The third kappa shape index (κ3) is 2.56. The zero-order valence-corrected chi connectivity index (χ0v) is 12.7. The maximum atomic E-state index is 11.8. The quantitative estimate of drug-likeness (QED) is 0.585. The van der Waals surface area contributed by atoms with Crippen molar-refractivity contribution in [3.63, 3.8) is 0 Å². The van der Waals surface area contributed by atoms with Gasteiger partial charge in [0.2, 0.25) is 5.91 Å². The maximum Gasteiger partial charge on any atom is 0.339 e. The van der Waals surface area contributed by atoms with E-state index in [4.69, 9.17) is 0 Å². The van der Waals surface area contributed by atoms with Crippen LogP contribution in [-0.2, 0) is 9.53 Å². The lowest BCUT2D eigenvalue weighted by molar-refractivity contribution is -0.117. The average Bonchev–Trinajstić information content (AvgIpc) is 2.67. The van der Waals surface area contributed by atoms with Gasteiger partial charge in [0.05, 0.1) is 17.1 Å². The normalized spacial score (nSPS) is 19.2. The highest BCUT2D eigenvalue weighted by atomic mass is 79.9. The molecule has 1 aromatic rings. The molecular weight excluding hydrogens is 368 g/mol. The second kappa shape index (κ2) is 5.36. The molecule has 0 spiro atoms. The molecule has 1 atom stereocenters. The van der Waals surface area contributed by atoms with E-state index < -0.39 is 5.97 Å². The summed E-state index contributed by atoms with van der Waals surface area (Å²) >= 11 is 6.73. The van der Waals surface area contributed by atoms with E-state index in [0.29, 0.717) is 28.8 Å². The molecule has 1 saturated heterocycles. The van der Waals surface area contributed by atoms with Gasteiger partial charge < -0.3 is 4.74 Å². The molecule has 1 unspecified atom stereocenters. The number of aromatic nitrogens is 1. The lowest BCUT2D eigenvalue weighted by Gasteiger charge is -2.16. The maximum absolute atomic E-state index is 11.8. The van der Waals surface area contributed by atoms with Crippen LogP contribution in [-0.4, -0.2) is 35.3 Å². The van der Waals surface area contributed by atoms with E-state index in [1.165, 1.54) is 13.3 Å². The topological polar surface area (TPSA) is 59.5 Å². The van der Waals surface area contributed by atoms with E-state index in [9.17, 15) is 9.59 Å². The lowest BCUT2D eigenvalue weighted by Crippen LogP contribution is -2.26. The number of carbonyl (C=O) groups is 2. The Labute approximate surface area is 121 Å². The Kier molecular flexibility index (Phi) is 4.01. The molecular formula is C11H10Br2N2O3. The number of carbonyl (C=O) groups excluding carboxylic acids is 2. The molecule has 96 valence electrons. The molecule has 0 bridgehead atoms. The number of alkyl halides is 1. The zero-order chi connectivity index (χ0) is 13.3. The van der Waals surface area contributed by atoms with Crippen LogP contribution in [0.5, 0.6) is 0 Å². The van der Waals surface area contributed by atoms with Gasteiger partial charge in [-0.3, -0.25) is 9.69 Å². The first-order valence-electron chi connectivity index (χ1n) is 5.21. The molecule has 1 aliphatic rings. The van der Waals surface area contributed by atoms with Crippen molar-refractivity contribution in [1.82, 2.24) is 4.98 Å². The van der Waals surface area contributed by atoms with E-state index in [2.05, 4.69) is 41.6 Å². The summed E-state index contributed by atoms with van der Waals surface area (Å²) in [5.74, 6) is 0.0753. The van der Waals surface area contributed by atoms with Crippen LogP contribution in [0.2, 0.25) is 0 Å². The first kappa shape index (κ1) is 13.5. The highest BCUT2D eigenvalue weighted by molar-refractivity contribution is 9.10. The van der Waals surface area contributed by atoms with Crippen molar-refractivity contribution in [3.8, 4) is 0 Å². The number of anilines is 1. The van der Waals surface area contributed by atoms with Gasteiger partial charge in [-0.1, -0.05) is 15.9 Å². The summed E-state index contributed by atoms with van der Waals surface area (Å²) in [4.78, 5) is 29.0. The summed E-state index contributed by atoms with van der Waals surface area (Å²) in [6, 6.07) is 1.60. The van der Waals surface area contributed by atoms with Crippen LogP contribution >= 0.6 is 31.9 Å². The first-order valence-corrected chi connectivity index (χ1v) is 6.92. The molecule has 5 nitrogen and oxygen atoms in total. The minimum Gasteiger partial charge on any atom is -0.465 e. The minimum absolute atomic E-state index is 0.0101. The number of hydrogen-bond donors (Lipinski definition) is 0. The van der Waals surface area contributed by atoms with E-state index in [0.717, 1.165) is 0 Å².